The maximum atomic E-state index is 12.6. The van der Waals surface area contributed by atoms with Gasteiger partial charge in [-0.05, 0) is 51.0 Å². The standard InChI is InChI=1S/C18H21N3O2S/c1-9-5-6-14-13(10(9)2)7-15(20-14)18(23)21-17(11(3)22)16-8-24-12(4)19-16/h5-8,11,17,20,22H,1-4H3,(H,21,23)/t11-,17-/m0/s1. The number of carbonyl (C=O) groups is 1. The lowest BCUT2D eigenvalue weighted by molar-refractivity contribution is 0.0851. The van der Waals surface area contributed by atoms with Gasteiger partial charge in [0.2, 0.25) is 0 Å². The molecule has 24 heavy (non-hydrogen) atoms. The van der Waals surface area contributed by atoms with Crippen LogP contribution < -0.4 is 5.32 Å². The van der Waals surface area contributed by atoms with E-state index in [4.69, 9.17) is 0 Å². The van der Waals surface area contributed by atoms with Gasteiger partial charge in [-0.3, -0.25) is 4.79 Å². The van der Waals surface area contributed by atoms with Gasteiger partial charge in [-0.15, -0.1) is 11.3 Å². The summed E-state index contributed by atoms with van der Waals surface area (Å²) in [5.74, 6) is -0.250. The Labute approximate surface area is 144 Å². The molecule has 0 saturated carbocycles. The number of nitrogens with zero attached hydrogens (tertiary/aromatic N) is 1. The molecular weight excluding hydrogens is 322 g/mol. The maximum Gasteiger partial charge on any atom is 0.268 e. The van der Waals surface area contributed by atoms with Gasteiger partial charge >= 0.3 is 0 Å². The molecule has 2 aromatic heterocycles. The van der Waals surface area contributed by atoms with Crippen LogP contribution in [0.4, 0.5) is 0 Å². The van der Waals surface area contributed by atoms with Crippen molar-refractivity contribution < 1.29 is 9.90 Å². The third kappa shape index (κ3) is 3.07. The van der Waals surface area contributed by atoms with Crippen LogP contribution in [0, 0.1) is 20.8 Å². The van der Waals surface area contributed by atoms with Crippen molar-refractivity contribution in [3.63, 3.8) is 0 Å². The number of aliphatic hydroxyl groups is 1. The monoisotopic (exact) mass is 343 g/mol. The van der Waals surface area contributed by atoms with Crippen molar-refractivity contribution in [3.05, 3.63) is 51.1 Å². The second kappa shape index (κ2) is 6.37. The van der Waals surface area contributed by atoms with Gasteiger partial charge < -0.3 is 15.4 Å². The van der Waals surface area contributed by atoms with Crippen molar-refractivity contribution in [2.45, 2.75) is 39.8 Å². The Hall–Kier alpha value is -2.18. The smallest absolute Gasteiger partial charge is 0.268 e. The van der Waals surface area contributed by atoms with Crippen LogP contribution in [0.25, 0.3) is 10.9 Å². The average Bonchev–Trinajstić information content (AvgIpc) is 3.15. The highest BCUT2D eigenvalue weighted by molar-refractivity contribution is 7.09. The summed E-state index contributed by atoms with van der Waals surface area (Å²) >= 11 is 1.50. The Morgan fingerprint density at radius 3 is 2.71 bits per heavy atom. The zero-order valence-electron chi connectivity index (χ0n) is 14.2. The van der Waals surface area contributed by atoms with Crippen LogP contribution >= 0.6 is 11.3 Å². The van der Waals surface area contributed by atoms with E-state index in [0.29, 0.717) is 11.4 Å². The molecule has 0 radical (unpaired) electrons. The summed E-state index contributed by atoms with van der Waals surface area (Å²) in [7, 11) is 0. The van der Waals surface area contributed by atoms with Crippen molar-refractivity contribution >= 4 is 28.1 Å². The highest BCUT2D eigenvalue weighted by Gasteiger charge is 2.23. The Balaban J connectivity index is 1.89. The fourth-order valence-corrected chi connectivity index (χ4v) is 3.41. The van der Waals surface area contributed by atoms with Gasteiger partial charge in [-0.2, -0.15) is 0 Å². The zero-order chi connectivity index (χ0) is 17.4. The molecule has 1 amide bonds. The quantitative estimate of drug-likeness (QED) is 0.679. The van der Waals surface area contributed by atoms with Crippen LogP contribution in [0.15, 0.2) is 23.6 Å². The van der Waals surface area contributed by atoms with E-state index < -0.39 is 12.1 Å². The fourth-order valence-electron chi connectivity index (χ4n) is 2.76. The number of aromatic amines is 1. The van der Waals surface area contributed by atoms with Crippen LogP contribution in [0.2, 0.25) is 0 Å². The molecule has 0 saturated heterocycles. The molecule has 3 rings (SSSR count). The van der Waals surface area contributed by atoms with Gasteiger partial charge in [0, 0.05) is 16.3 Å². The molecule has 0 unspecified atom stereocenters. The highest BCUT2D eigenvalue weighted by Crippen LogP contribution is 2.24. The summed E-state index contributed by atoms with van der Waals surface area (Å²) in [4.78, 5) is 20.2. The van der Waals surface area contributed by atoms with E-state index in [2.05, 4.69) is 22.2 Å². The minimum atomic E-state index is -0.733. The number of aromatic nitrogens is 2. The Bertz CT molecular complexity index is 895. The van der Waals surface area contributed by atoms with Crippen molar-refractivity contribution in [2.24, 2.45) is 0 Å². The van der Waals surface area contributed by atoms with Crippen LogP contribution in [-0.2, 0) is 0 Å². The molecule has 126 valence electrons. The topological polar surface area (TPSA) is 78.0 Å². The van der Waals surface area contributed by atoms with Gasteiger partial charge in [0.25, 0.3) is 5.91 Å². The number of aryl methyl sites for hydroxylation is 3. The largest absolute Gasteiger partial charge is 0.391 e. The predicted molar refractivity (Wildman–Crippen MR) is 96.5 cm³/mol. The number of aliphatic hydroxyl groups excluding tert-OH is 1. The normalized spacial score (nSPS) is 13.9. The zero-order valence-corrected chi connectivity index (χ0v) is 15.0. The number of fused-ring (bicyclic) bond motifs is 1. The van der Waals surface area contributed by atoms with Gasteiger partial charge in [-0.1, -0.05) is 6.07 Å². The van der Waals surface area contributed by atoms with E-state index >= 15 is 0 Å². The number of rotatable bonds is 4. The molecule has 0 bridgehead atoms. The minimum absolute atomic E-state index is 0.250. The molecule has 3 N–H and O–H groups in total. The molecule has 0 fully saturated rings. The van der Waals surface area contributed by atoms with Crippen molar-refractivity contribution in [3.8, 4) is 0 Å². The molecule has 5 nitrogen and oxygen atoms in total. The van der Waals surface area contributed by atoms with Gasteiger partial charge in [-0.25, -0.2) is 4.98 Å². The van der Waals surface area contributed by atoms with Crippen molar-refractivity contribution in [1.29, 1.82) is 0 Å². The molecule has 2 atom stereocenters. The summed E-state index contributed by atoms with van der Waals surface area (Å²) in [5.41, 5.74) is 4.44. The van der Waals surface area contributed by atoms with Crippen LogP contribution in [0.5, 0.6) is 0 Å². The first-order chi connectivity index (χ1) is 11.4. The number of amides is 1. The van der Waals surface area contributed by atoms with E-state index in [1.54, 1.807) is 6.92 Å². The second-order valence-corrected chi connectivity index (χ2v) is 7.20. The van der Waals surface area contributed by atoms with E-state index in [1.165, 1.54) is 16.9 Å². The average molecular weight is 343 g/mol. The molecule has 2 heterocycles. The molecular formula is C18H21N3O2S. The summed E-state index contributed by atoms with van der Waals surface area (Å²) in [6, 6.07) is 5.34. The van der Waals surface area contributed by atoms with Crippen molar-refractivity contribution in [2.75, 3.05) is 0 Å². The third-order valence-corrected chi connectivity index (χ3v) is 5.10. The number of thiazole rings is 1. The van der Waals surface area contributed by atoms with Crippen LogP contribution in [0.3, 0.4) is 0 Å². The number of hydrogen-bond donors (Lipinski definition) is 3. The minimum Gasteiger partial charge on any atom is -0.391 e. The lowest BCUT2D eigenvalue weighted by atomic mass is 10.1. The number of benzene rings is 1. The van der Waals surface area contributed by atoms with Crippen LogP contribution in [-0.4, -0.2) is 27.1 Å². The SMILES string of the molecule is Cc1nc([C@@H](NC(=O)c2cc3c(C)c(C)ccc3[nH]2)[C@H](C)O)cs1. The fraction of sp³-hybridized carbons (Fsp3) is 0.333. The maximum absolute atomic E-state index is 12.6. The van der Waals surface area contributed by atoms with E-state index in [9.17, 15) is 9.90 Å². The molecule has 0 aliphatic rings. The molecule has 0 spiro atoms. The Kier molecular flexibility index (Phi) is 4.43. The molecule has 0 aliphatic carbocycles. The number of carbonyl (C=O) groups excluding carboxylic acids is 1. The van der Waals surface area contributed by atoms with E-state index in [1.807, 2.05) is 37.4 Å². The number of nitrogens with one attached hydrogen (secondary N) is 2. The number of hydrogen-bond acceptors (Lipinski definition) is 4. The second-order valence-electron chi connectivity index (χ2n) is 6.13. The molecule has 6 heteroatoms. The van der Waals surface area contributed by atoms with Gasteiger partial charge in [0.05, 0.1) is 22.8 Å². The lowest BCUT2D eigenvalue weighted by Crippen LogP contribution is -2.35. The highest BCUT2D eigenvalue weighted by atomic mass is 32.1. The van der Waals surface area contributed by atoms with E-state index in [-0.39, 0.29) is 5.91 Å². The van der Waals surface area contributed by atoms with Crippen molar-refractivity contribution in [1.82, 2.24) is 15.3 Å². The lowest BCUT2D eigenvalue weighted by Gasteiger charge is -2.19. The Morgan fingerprint density at radius 2 is 2.08 bits per heavy atom. The first-order valence-corrected chi connectivity index (χ1v) is 8.74. The van der Waals surface area contributed by atoms with Crippen LogP contribution in [0.1, 0.15) is 45.3 Å². The Morgan fingerprint density at radius 1 is 1.33 bits per heavy atom. The van der Waals surface area contributed by atoms with Gasteiger partial charge in [0.1, 0.15) is 5.69 Å². The predicted octanol–water partition coefficient (Wildman–Crippen LogP) is 3.40. The summed E-state index contributed by atoms with van der Waals surface area (Å²) in [6.45, 7) is 7.65. The first-order valence-electron chi connectivity index (χ1n) is 7.86. The number of H-pyrrole nitrogens is 1. The summed E-state index contributed by atoms with van der Waals surface area (Å²) < 4.78 is 0. The third-order valence-electron chi connectivity index (χ3n) is 4.31. The molecule has 1 aromatic carbocycles. The van der Waals surface area contributed by atoms with E-state index in [0.717, 1.165) is 21.5 Å². The summed E-state index contributed by atoms with van der Waals surface area (Å²) in [5, 5.41) is 16.7. The molecule has 0 aliphatic heterocycles. The molecule has 3 aromatic rings. The first kappa shape index (κ1) is 16.7. The summed E-state index contributed by atoms with van der Waals surface area (Å²) in [6.07, 6.45) is -0.733. The van der Waals surface area contributed by atoms with Gasteiger partial charge in [0.15, 0.2) is 0 Å².